The van der Waals surface area contributed by atoms with E-state index in [-0.39, 0.29) is 47.8 Å². The number of ketones is 1. The van der Waals surface area contributed by atoms with Crippen LogP contribution in [0.25, 0.3) is 22.8 Å². The monoisotopic (exact) mass is 913 g/mol. The van der Waals surface area contributed by atoms with Crippen LogP contribution in [0.1, 0.15) is 71.2 Å². The minimum absolute atomic E-state index is 0.0524. The van der Waals surface area contributed by atoms with Gasteiger partial charge in [-0.1, -0.05) is 60.7 Å². The number of rotatable bonds is 8. The lowest BCUT2D eigenvalue weighted by Gasteiger charge is -2.39. The summed E-state index contributed by atoms with van der Waals surface area (Å²) < 4.78 is 10.6. The van der Waals surface area contributed by atoms with Crippen molar-refractivity contribution < 1.29 is 28.7 Å². The molecule has 2 aromatic carbocycles. The molecule has 4 aliphatic rings. The molecule has 0 aliphatic carbocycles. The van der Waals surface area contributed by atoms with E-state index in [0.717, 1.165) is 34.8 Å². The average molecular weight is 914 g/mol. The van der Waals surface area contributed by atoms with E-state index in [1.54, 1.807) is 44.3 Å². The topological polar surface area (TPSA) is 190 Å². The first-order valence-electron chi connectivity index (χ1n) is 22.6. The normalized spacial score (nSPS) is 17.3. The quantitative estimate of drug-likeness (QED) is 0.144. The van der Waals surface area contributed by atoms with Crippen LogP contribution in [0, 0.1) is 17.4 Å². The van der Waals surface area contributed by atoms with Crippen molar-refractivity contribution in [3.05, 3.63) is 109 Å². The maximum Gasteiger partial charge on any atom is 0.410 e. The van der Waals surface area contributed by atoms with Crippen molar-refractivity contribution in [2.75, 3.05) is 66.5 Å². The molecule has 0 unspecified atom stereocenters. The molecule has 0 saturated carbocycles. The number of amides is 4. The predicted molar refractivity (Wildman–Crippen MR) is 253 cm³/mol. The van der Waals surface area contributed by atoms with Gasteiger partial charge < -0.3 is 39.3 Å². The minimum Gasteiger partial charge on any atom is -0.444 e. The zero-order valence-electron chi connectivity index (χ0n) is 39.8. The predicted octanol–water partition coefficient (Wildman–Crippen LogP) is 6.78. The van der Waals surface area contributed by atoms with E-state index in [2.05, 4.69) is 31.4 Å². The zero-order chi connectivity index (χ0) is 48.3. The van der Waals surface area contributed by atoms with Gasteiger partial charge >= 0.3 is 18.2 Å². The number of urea groups is 1. The maximum absolute atomic E-state index is 12.3. The van der Waals surface area contributed by atoms with E-state index >= 15 is 0 Å². The Morgan fingerprint density at radius 1 is 0.687 bits per heavy atom. The molecule has 2 aromatic heterocycles. The highest BCUT2D eigenvalue weighted by Gasteiger charge is 2.38. The number of carbonyl (C=O) groups is 4. The Balaban J connectivity index is 0.000000169. The van der Waals surface area contributed by atoms with E-state index in [1.165, 1.54) is 0 Å². The lowest BCUT2D eigenvalue weighted by Crippen LogP contribution is -2.54. The van der Waals surface area contributed by atoms with Crippen LogP contribution in [-0.2, 0) is 14.3 Å². The number of likely N-dealkylation sites (tertiary alicyclic amines) is 4. The van der Waals surface area contributed by atoms with Crippen LogP contribution in [0.5, 0.6) is 0 Å². The largest absolute Gasteiger partial charge is 0.444 e. The molecule has 17 nitrogen and oxygen atoms in total. The highest BCUT2D eigenvalue weighted by molar-refractivity contribution is 5.93. The third kappa shape index (κ3) is 14.4. The smallest absolute Gasteiger partial charge is 0.410 e. The Bertz CT molecular complexity index is 2380. The lowest BCUT2D eigenvalue weighted by molar-refractivity contribution is -0.122. The summed E-state index contributed by atoms with van der Waals surface area (Å²) in [6.07, 6.45) is 9.18. The number of hydrogen-bond acceptors (Lipinski definition) is 13. The molecular formula is C50H63N11O6. The van der Waals surface area contributed by atoms with Gasteiger partial charge in [0.15, 0.2) is 23.6 Å². The van der Waals surface area contributed by atoms with Gasteiger partial charge in [-0.25, -0.2) is 34.3 Å². The third-order valence-corrected chi connectivity index (χ3v) is 11.1. The molecule has 8 rings (SSSR count). The first-order valence-corrected chi connectivity index (χ1v) is 22.6. The van der Waals surface area contributed by atoms with E-state index in [4.69, 9.17) is 14.7 Å². The fourth-order valence-electron chi connectivity index (χ4n) is 7.35. The van der Waals surface area contributed by atoms with Gasteiger partial charge in [0.2, 0.25) is 0 Å². The van der Waals surface area contributed by atoms with Crippen molar-refractivity contribution in [1.82, 2.24) is 49.8 Å². The van der Waals surface area contributed by atoms with E-state index in [9.17, 15) is 19.2 Å². The summed E-state index contributed by atoms with van der Waals surface area (Å²) in [7, 11) is 3.72. The highest BCUT2D eigenvalue weighted by Crippen LogP contribution is 2.29. The fourth-order valence-corrected chi connectivity index (χ4v) is 7.35. The van der Waals surface area contributed by atoms with Crippen molar-refractivity contribution >= 4 is 24.0 Å². The number of nitrogens with one attached hydrogen (secondary N) is 1. The van der Waals surface area contributed by atoms with Gasteiger partial charge in [0.05, 0.1) is 23.3 Å². The van der Waals surface area contributed by atoms with E-state index < -0.39 is 11.2 Å². The molecule has 4 fully saturated rings. The summed E-state index contributed by atoms with van der Waals surface area (Å²) in [5.74, 6) is 1.89. The average Bonchev–Trinajstić information content (AvgIpc) is 3.69. The fraction of sp³-hybridized carbons (Fsp3) is 0.460. The van der Waals surface area contributed by atoms with Crippen LogP contribution < -0.4 is 5.32 Å². The molecule has 4 saturated heterocycles. The van der Waals surface area contributed by atoms with Crippen molar-refractivity contribution in [3.63, 3.8) is 0 Å². The molecule has 1 atom stereocenters. The molecule has 354 valence electrons. The standard InChI is InChI=1S/C19H20N6O.C18H21N3O2.C13H22N2O3/c20-13-24-9-7-16(12-24)22-19(26)25-10-15(11-25)17-6-8-21-18(23-17)14-4-2-1-3-5-14;1-18(2,3)23-17(22)21-11-14(12-21)15-9-10-19-16(20-15)13-7-5-4-6-8-13;1-13(2,3)18-12(17)15-8-10(9-15)11(16)6-7-14(4)5/h1-6,8,15-16H,7,9-12H2,(H,22,26);4-10,14H,11-12H2,1-3H3;6-7,10H,8-9H2,1-5H3/b;;7-6+/t16-;;/m1../s1. The van der Waals surface area contributed by atoms with Crippen LogP contribution in [-0.4, -0.2) is 152 Å². The zero-order valence-corrected chi connectivity index (χ0v) is 39.8. The molecule has 4 aromatic rings. The molecule has 4 aliphatic heterocycles. The summed E-state index contributed by atoms with van der Waals surface area (Å²) in [5, 5.41) is 11.9. The first kappa shape index (κ1) is 49.3. The van der Waals surface area contributed by atoms with Crippen molar-refractivity contribution in [3.8, 4) is 29.0 Å². The molecule has 0 bridgehead atoms. The lowest BCUT2D eigenvalue weighted by atomic mass is 9.95. The first-order chi connectivity index (χ1) is 31.8. The summed E-state index contributed by atoms with van der Waals surface area (Å²) >= 11 is 0. The Kier molecular flexibility index (Phi) is 16.2. The van der Waals surface area contributed by atoms with Gasteiger partial charge in [-0.2, -0.15) is 5.26 Å². The van der Waals surface area contributed by atoms with Crippen molar-refractivity contribution in [1.29, 1.82) is 5.26 Å². The Labute approximate surface area is 393 Å². The molecular weight excluding hydrogens is 851 g/mol. The number of allylic oxidation sites excluding steroid dienone is 1. The van der Waals surface area contributed by atoms with Gasteiger partial charge in [0.1, 0.15) is 11.2 Å². The van der Waals surface area contributed by atoms with Crippen molar-refractivity contribution in [2.45, 2.75) is 77.0 Å². The van der Waals surface area contributed by atoms with Crippen LogP contribution >= 0.6 is 0 Å². The number of aromatic nitrogens is 4. The molecule has 67 heavy (non-hydrogen) atoms. The Morgan fingerprint density at radius 3 is 1.58 bits per heavy atom. The van der Waals surface area contributed by atoms with Gasteiger partial charge in [-0.15, -0.1) is 0 Å². The number of hydrogen-bond donors (Lipinski definition) is 1. The summed E-state index contributed by atoms with van der Waals surface area (Å²) in [4.78, 5) is 74.2. The number of ether oxygens (including phenoxy) is 2. The SMILES string of the molecule is CC(C)(C)OC(=O)N1CC(c2ccnc(-c3ccccc3)n2)C1.CN(C)/C=C/C(=O)C1CN(C(=O)OC(C)(C)C)C1.N#CN1CC[C@@H](NC(=O)N2CC(c3ccnc(-c4ccccc4)n3)C2)C1. The van der Waals surface area contributed by atoms with Gasteiger partial charge in [-0.3, -0.25) is 4.79 Å². The van der Waals surface area contributed by atoms with Crippen LogP contribution in [0.4, 0.5) is 14.4 Å². The molecule has 1 N–H and O–H groups in total. The van der Waals surface area contributed by atoms with Crippen LogP contribution in [0.15, 0.2) is 97.5 Å². The summed E-state index contributed by atoms with van der Waals surface area (Å²) in [6.45, 7) is 15.9. The molecule has 6 heterocycles. The molecule has 0 radical (unpaired) electrons. The Morgan fingerprint density at radius 2 is 1.15 bits per heavy atom. The summed E-state index contributed by atoms with van der Waals surface area (Å²) in [5.41, 5.74) is 2.98. The second kappa shape index (κ2) is 21.9. The van der Waals surface area contributed by atoms with Gasteiger partial charge in [0.25, 0.3) is 0 Å². The number of nitrogens with zero attached hydrogens (tertiary/aromatic N) is 10. The summed E-state index contributed by atoms with van der Waals surface area (Å²) in [6, 6.07) is 23.6. The maximum atomic E-state index is 12.3. The van der Waals surface area contributed by atoms with E-state index in [0.29, 0.717) is 58.2 Å². The highest BCUT2D eigenvalue weighted by atomic mass is 16.6. The third-order valence-electron chi connectivity index (χ3n) is 11.1. The molecule has 4 amide bonds. The second-order valence-electron chi connectivity index (χ2n) is 19.3. The number of carbonyl (C=O) groups excluding carboxylic acids is 4. The Hall–Kier alpha value is -7.09. The second-order valence-corrected chi connectivity index (χ2v) is 19.3. The van der Waals surface area contributed by atoms with Crippen LogP contribution in [0.2, 0.25) is 0 Å². The van der Waals surface area contributed by atoms with Crippen LogP contribution in [0.3, 0.4) is 0 Å². The van der Waals surface area contributed by atoms with Gasteiger partial charge in [0, 0.05) is 108 Å². The minimum atomic E-state index is -0.489. The molecule has 17 heteroatoms. The number of nitriles is 1. The van der Waals surface area contributed by atoms with Gasteiger partial charge in [-0.05, 0) is 66.2 Å². The van der Waals surface area contributed by atoms with Crippen molar-refractivity contribution in [2.24, 2.45) is 5.92 Å². The number of benzene rings is 2. The van der Waals surface area contributed by atoms with E-state index in [1.807, 2.05) is 133 Å². The molecule has 0 spiro atoms.